The van der Waals surface area contributed by atoms with Crippen LogP contribution < -0.4 is 4.90 Å². The first-order valence-electron chi connectivity index (χ1n) is 16.2. The third kappa shape index (κ3) is 5.22. The Bertz CT molecular complexity index is 1430. The number of ether oxygens (including phenoxy) is 1. The highest BCUT2D eigenvalue weighted by molar-refractivity contribution is 6.06. The topological polar surface area (TPSA) is 90.4 Å². The van der Waals surface area contributed by atoms with Gasteiger partial charge < -0.3 is 24.5 Å². The summed E-state index contributed by atoms with van der Waals surface area (Å²) in [4.78, 5) is 49.5. The molecule has 3 fully saturated rings. The van der Waals surface area contributed by atoms with Gasteiger partial charge in [0.2, 0.25) is 11.8 Å². The van der Waals surface area contributed by atoms with Gasteiger partial charge in [-0.15, -0.1) is 13.2 Å². The van der Waals surface area contributed by atoms with Crippen LogP contribution in [-0.4, -0.2) is 75.6 Å². The van der Waals surface area contributed by atoms with Gasteiger partial charge in [0.15, 0.2) is 0 Å². The number of carbonyl (C=O) groups is 3. The van der Waals surface area contributed by atoms with Crippen LogP contribution in [-0.2, 0) is 25.7 Å². The molecule has 2 aromatic rings. The van der Waals surface area contributed by atoms with E-state index in [1.807, 2.05) is 76.2 Å². The summed E-state index contributed by atoms with van der Waals surface area (Å²) in [5.74, 6) is -2.34. The van der Waals surface area contributed by atoms with Crippen LogP contribution >= 0.6 is 0 Å². The number of hydrogen-bond donors (Lipinski definition) is 1. The molecule has 3 aliphatic rings. The molecule has 2 bridgehead atoms. The van der Waals surface area contributed by atoms with Crippen LogP contribution in [0.1, 0.15) is 56.2 Å². The molecule has 8 nitrogen and oxygen atoms in total. The van der Waals surface area contributed by atoms with E-state index in [9.17, 15) is 14.7 Å². The minimum atomic E-state index is -1.20. The number of amides is 3. The number of hydrogen-bond acceptors (Lipinski definition) is 5. The molecule has 1 spiro atoms. The van der Waals surface area contributed by atoms with E-state index in [0.29, 0.717) is 38.8 Å². The standard InChI is InChI=1S/C37H47N3O5/c1-7-21-38(23-27-17-12-11-13-18-27)33(42)29-30-34(43)40(28(9-3)24-41)32(37(30)20-19-36(29,10-4)45-37)35(44)39(22-8-2)31-25(5)15-14-16-26(31)6/h7-8,11-18,28-30,32,41H,1-2,9-10,19-24H2,3-6H3/t28-,29+,30-,32?,36-,37?/m0/s1. The summed E-state index contributed by atoms with van der Waals surface area (Å²) >= 11 is 0. The molecule has 0 radical (unpaired) electrons. The third-order valence-corrected chi connectivity index (χ3v) is 10.4. The number of benzene rings is 2. The van der Waals surface area contributed by atoms with Crippen LogP contribution in [0.25, 0.3) is 0 Å². The van der Waals surface area contributed by atoms with Gasteiger partial charge in [0.25, 0.3) is 5.91 Å². The highest BCUT2D eigenvalue weighted by Gasteiger charge is 2.79. The number of likely N-dealkylation sites (tertiary alicyclic amines) is 1. The summed E-state index contributed by atoms with van der Waals surface area (Å²) in [5.41, 5.74) is 1.54. The van der Waals surface area contributed by atoms with Crippen molar-refractivity contribution in [2.45, 2.75) is 83.2 Å². The van der Waals surface area contributed by atoms with Gasteiger partial charge in [-0.3, -0.25) is 14.4 Å². The molecule has 0 aromatic heterocycles. The second kappa shape index (κ2) is 12.9. The van der Waals surface area contributed by atoms with E-state index < -0.39 is 35.1 Å². The van der Waals surface area contributed by atoms with E-state index in [2.05, 4.69) is 13.2 Å². The molecule has 0 aliphatic carbocycles. The summed E-state index contributed by atoms with van der Waals surface area (Å²) in [5, 5.41) is 10.5. The number of anilines is 1. The average molecular weight is 614 g/mol. The molecule has 2 aromatic carbocycles. The molecule has 8 heteroatoms. The second-order valence-electron chi connectivity index (χ2n) is 12.8. The number of carbonyl (C=O) groups excluding carboxylic acids is 3. The summed E-state index contributed by atoms with van der Waals surface area (Å²) in [6.45, 7) is 16.3. The molecule has 3 aliphatic heterocycles. The largest absolute Gasteiger partial charge is 0.394 e. The van der Waals surface area contributed by atoms with Crippen LogP contribution in [0.3, 0.4) is 0 Å². The molecule has 0 saturated carbocycles. The number of fused-ring (bicyclic) bond motifs is 1. The molecule has 3 saturated heterocycles. The van der Waals surface area contributed by atoms with Gasteiger partial charge >= 0.3 is 0 Å². The molecule has 45 heavy (non-hydrogen) atoms. The molecule has 3 amide bonds. The van der Waals surface area contributed by atoms with Crippen LogP contribution in [0, 0.1) is 25.7 Å². The van der Waals surface area contributed by atoms with Gasteiger partial charge in [-0.25, -0.2) is 0 Å². The monoisotopic (exact) mass is 613 g/mol. The van der Waals surface area contributed by atoms with Gasteiger partial charge in [-0.1, -0.05) is 74.5 Å². The Hall–Kier alpha value is -3.75. The Labute approximate surface area is 267 Å². The van der Waals surface area contributed by atoms with Crippen molar-refractivity contribution in [1.82, 2.24) is 9.80 Å². The fourth-order valence-corrected chi connectivity index (χ4v) is 8.31. The van der Waals surface area contributed by atoms with Gasteiger partial charge in [-0.05, 0) is 56.2 Å². The van der Waals surface area contributed by atoms with Crippen molar-refractivity contribution in [2.24, 2.45) is 11.8 Å². The zero-order chi connectivity index (χ0) is 32.5. The zero-order valence-corrected chi connectivity index (χ0v) is 27.1. The lowest BCUT2D eigenvalue weighted by molar-refractivity contribution is -0.154. The van der Waals surface area contributed by atoms with E-state index >= 15 is 4.79 Å². The van der Waals surface area contributed by atoms with E-state index in [0.717, 1.165) is 22.4 Å². The van der Waals surface area contributed by atoms with E-state index in [1.165, 1.54) is 0 Å². The Morgan fingerprint density at radius 3 is 2.27 bits per heavy atom. The van der Waals surface area contributed by atoms with Crippen LogP contribution in [0.4, 0.5) is 5.69 Å². The minimum Gasteiger partial charge on any atom is -0.394 e. The number of rotatable bonds is 13. The van der Waals surface area contributed by atoms with E-state index in [-0.39, 0.29) is 30.9 Å². The van der Waals surface area contributed by atoms with Crippen molar-refractivity contribution in [1.29, 1.82) is 0 Å². The smallest absolute Gasteiger partial charge is 0.253 e. The lowest BCUT2D eigenvalue weighted by Crippen LogP contribution is -2.59. The van der Waals surface area contributed by atoms with Gasteiger partial charge in [0.1, 0.15) is 11.6 Å². The van der Waals surface area contributed by atoms with E-state index in [4.69, 9.17) is 4.74 Å². The summed E-state index contributed by atoms with van der Waals surface area (Å²) in [6.07, 6.45) is 5.42. The van der Waals surface area contributed by atoms with Crippen molar-refractivity contribution in [3.05, 3.63) is 90.5 Å². The van der Waals surface area contributed by atoms with Crippen molar-refractivity contribution in [3.8, 4) is 0 Å². The number of aryl methyl sites for hydroxylation is 2. The van der Waals surface area contributed by atoms with Crippen molar-refractivity contribution in [2.75, 3.05) is 24.6 Å². The molecule has 6 atom stereocenters. The number of para-hydroxylation sites is 1. The third-order valence-electron chi connectivity index (χ3n) is 10.4. The molecule has 3 heterocycles. The number of aliphatic hydroxyl groups excluding tert-OH is 1. The average Bonchev–Trinajstić information content (AvgIpc) is 3.64. The maximum atomic E-state index is 15.0. The number of aliphatic hydroxyl groups is 1. The predicted octanol–water partition coefficient (Wildman–Crippen LogP) is 4.96. The first-order chi connectivity index (χ1) is 21.6. The minimum absolute atomic E-state index is 0.164. The quantitative estimate of drug-likeness (QED) is 0.323. The van der Waals surface area contributed by atoms with Crippen LogP contribution in [0.2, 0.25) is 0 Å². The second-order valence-corrected chi connectivity index (χ2v) is 12.8. The van der Waals surface area contributed by atoms with Gasteiger partial charge in [0, 0.05) is 25.3 Å². The molecular weight excluding hydrogens is 566 g/mol. The SMILES string of the molecule is C=CCN(Cc1ccccc1)C(=O)[C@H]1[C@H]2C(=O)N([C@@H](CC)CO)C(C(=O)N(CC=C)c3c(C)cccc3C)C23CC[C@]1(CC)O3. The van der Waals surface area contributed by atoms with Crippen molar-refractivity contribution in [3.63, 3.8) is 0 Å². The first kappa shape index (κ1) is 32.6. The van der Waals surface area contributed by atoms with Gasteiger partial charge in [0.05, 0.1) is 30.1 Å². The number of nitrogens with zero attached hydrogens (tertiary/aromatic N) is 3. The first-order valence-corrected chi connectivity index (χ1v) is 16.2. The van der Waals surface area contributed by atoms with Gasteiger partial charge in [-0.2, -0.15) is 0 Å². The maximum Gasteiger partial charge on any atom is 0.253 e. The van der Waals surface area contributed by atoms with Crippen molar-refractivity contribution >= 4 is 23.4 Å². The fourth-order valence-electron chi connectivity index (χ4n) is 8.31. The van der Waals surface area contributed by atoms with Crippen LogP contribution in [0.5, 0.6) is 0 Å². The van der Waals surface area contributed by atoms with E-state index in [1.54, 1.807) is 26.9 Å². The fraction of sp³-hybridized carbons (Fsp3) is 0.486. The molecule has 240 valence electrons. The summed E-state index contributed by atoms with van der Waals surface area (Å²) in [7, 11) is 0. The molecule has 1 N–H and O–H groups in total. The Balaban J connectivity index is 1.63. The summed E-state index contributed by atoms with van der Waals surface area (Å²) in [6, 6.07) is 14.1. The maximum absolute atomic E-state index is 15.0. The van der Waals surface area contributed by atoms with Crippen LogP contribution in [0.15, 0.2) is 73.8 Å². The zero-order valence-electron chi connectivity index (χ0n) is 27.1. The Kier molecular flexibility index (Phi) is 9.38. The summed E-state index contributed by atoms with van der Waals surface area (Å²) < 4.78 is 7.04. The lowest BCUT2D eigenvalue weighted by atomic mass is 9.64. The molecule has 2 unspecified atom stereocenters. The predicted molar refractivity (Wildman–Crippen MR) is 175 cm³/mol. The molecule has 5 rings (SSSR count). The van der Waals surface area contributed by atoms with Crippen molar-refractivity contribution < 1.29 is 24.2 Å². The Morgan fingerprint density at radius 2 is 1.69 bits per heavy atom. The lowest BCUT2D eigenvalue weighted by Gasteiger charge is -2.40. The molecular formula is C37H47N3O5. The normalized spacial score (nSPS) is 27.3. The highest BCUT2D eigenvalue weighted by Crippen LogP contribution is 2.65. The highest BCUT2D eigenvalue weighted by atomic mass is 16.5. The Morgan fingerprint density at radius 1 is 1.02 bits per heavy atom.